The molecule has 4 rings (SSSR count). The van der Waals surface area contributed by atoms with E-state index in [0.29, 0.717) is 5.92 Å². The quantitative estimate of drug-likeness (QED) is 0.734. The molecular formula is C24H29NO3. The third-order valence-electron chi connectivity index (χ3n) is 5.77. The van der Waals surface area contributed by atoms with Gasteiger partial charge in [-0.25, -0.2) is 4.79 Å². The van der Waals surface area contributed by atoms with E-state index in [1.165, 1.54) is 22.3 Å². The van der Waals surface area contributed by atoms with E-state index < -0.39 is 0 Å². The van der Waals surface area contributed by atoms with Crippen LogP contribution >= 0.6 is 0 Å². The van der Waals surface area contributed by atoms with E-state index in [-0.39, 0.29) is 18.3 Å². The fourth-order valence-corrected chi connectivity index (χ4v) is 4.27. The number of hydrogen-bond donors (Lipinski definition) is 0. The lowest BCUT2D eigenvalue weighted by molar-refractivity contribution is 0.0503. The van der Waals surface area contributed by atoms with E-state index in [0.717, 1.165) is 38.1 Å². The number of carbonyl (C=O) groups is 1. The molecule has 148 valence electrons. The van der Waals surface area contributed by atoms with Crippen LogP contribution in [0.25, 0.3) is 11.1 Å². The zero-order valence-electron chi connectivity index (χ0n) is 17.0. The zero-order chi connectivity index (χ0) is 19.7. The van der Waals surface area contributed by atoms with Crippen molar-refractivity contribution in [1.29, 1.82) is 0 Å². The van der Waals surface area contributed by atoms with Crippen LogP contribution in [0.5, 0.6) is 5.75 Å². The third kappa shape index (κ3) is 4.01. The van der Waals surface area contributed by atoms with Gasteiger partial charge in [0, 0.05) is 19.5 Å². The predicted molar refractivity (Wildman–Crippen MR) is 111 cm³/mol. The van der Waals surface area contributed by atoms with Gasteiger partial charge in [-0.15, -0.1) is 0 Å². The summed E-state index contributed by atoms with van der Waals surface area (Å²) in [6.07, 6.45) is 2.85. The molecule has 4 heteroatoms. The monoisotopic (exact) mass is 379 g/mol. The van der Waals surface area contributed by atoms with Crippen LogP contribution < -0.4 is 4.74 Å². The van der Waals surface area contributed by atoms with Crippen LogP contribution in [0.4, 0.5) is 4.79 Å². The summed E-state index contributed by atoms with van der Waals surface area (Å²) in [5, 5.41) is 0. The van der Waals surface area contributed by atoms with Crippen molar-refractivity contribution in [3.63, 3.8) is 0 Å². The van der Waals surface area contributed by atoms with Gasteiger partial charge in [0.25, 0.3) is 0 Å². The molecule has 0 radical (unpaired) electrons. The van der Waals surface area contributed by atoms with Crippen LogP contribution in [0.1, 0.15) is 37.8 Å². The van der Waals surface area contributed by atoms with Crippen molar-refractivity contribution in [1.82, 2.24) is 4.90 Å². The molecule has 1 atom stereocenters. The molecule has 0 aromatic heterocycles. The van der Waals surface area contributed by atoms with Crippen molar-refractivity contribution in [3.05, 3.63) is 53.6 Å². The number of nitrogens with zero attached hydrogens (tertiary/aromatic N) is 1. The van der Waals surface area contributed by atoms with Crippen LogP contribution in [0.3, 0.4) is 0 Å². The highest BCUT2D eigenvalue weighted by Gasteiger charge is 2.34. The van der Waals surface area contributed by atoms with E-state index >= 15 is 0 Å². The number of rotatable bonds is 3. The van der Waals surface area contributed by atoms with E-state index in [1.54, 1.807) is 0 Å². The number of piperidine rings is 1. The van der Waals surface area contributed by atoms with E-state index in [1.807, 2.05) is 18.7 Å². The van der Waals surface area contributed by atoms with Crippen molar-refractivity contribution in [2.75, 3.05) is 13.1 Å². The molecule has 0 saturated carbocycles. The molecule has 2 aliphatic heterocycles. The van der Waals surface area contributed by atoms with Crippen molar-refractivity contribution < 1.29 is 14.3 Å². The van der Waals surface area contributed by atoms with Crippen molar-refractivity contribution in [2.24, 2.45) is 5.92 Å². The summed E-state index contributed by atoms with van der Waals surface area (Å²) >= 11 is 0. The van der Waals surface area contributed by atoms with Gasteiger partial charge in [-0.05, 0) is 68.4 Å². The highest BCUT2D eigenvalue weighted by atomic mass is 16.6. The van der Waals surface area contributed by atoms with Gasteiger partial charge < -0.3 is 14.4 Å². The van der Waals surface area contributed by atoms with Gasteiger partial charge in [0.1, 0.15) is 11.9 Å². The summed E-state index contributed by atoms with van der Waals surface area (Å²) in [5.41, 5.74) is 5.07. The molecule has 0 spiro atoms. The molecule has 2 aromatic rings. The first-order valence-corrected chi connectivity index (χ1v) is 10.3. The largest absolute Gasteiger partial charge is 0.490 e. The van der Waals surface area contributed by atoms with Gasteiger partial charge >= 0.3 is 6.09 Å². The Morgan fingerprint density at radius 3 is 2.57 bits per heavy atom. The minimum Gasteiger partial charge on any atom is -0.490 e. The number of ether oxygens (including phenoxy) is 2. The number of aryl methyl sites for hydroxylation is 1. The van der Waals surface area contributed by atoms with Gasteiger partial charge in [0.2, 0.25) is 0 Å². The number of fused-ring (bicyclic) bond motifs is 1. The number of hydrogen-bond acceptors (Lipinski definition) is 3. The summed E-state index contributed by atoms with van der Waals surface area (Å²) in [4.78, 5) is 13.9. The molecular weight excluding hydrogens is 350 g/mol. The minimum atomic E-state index is -0.188. The summed E-state index contributed by atoms with van der Waals surface area (Å²) in [7, 11) is 0. The highest BCUT2D eigenvalue weighted by Crippen LogP contribution is 2.37. The number of likely N-dealkylation sites (tertiary alicyclic amines) is 1. The Bertz CT molecular complexity index is 853. The lowest BCUT2D eigenvalue weighted by Gasteiger charge is -2.34. The molecule has 0 bridgehead atoms. The van der Waals surface area contributed by atoms with Crippen LogP contribution in [-0.4, -0.2) is 36.3 Å². The van der Waals surface area contributed by atoms with E-state index in [9.17, 15) is 4.79 Å². The average molecular weight is 380 g/mol. The third-order valence-corrected chi connectivity index (χ3v) is 5.77. The Balaban J connectivity index is 1.39. The maximum atomic E-state index is 12.1. The molecule has 0 aliphatic carbocycles. The molecule has 2 aliphatic rings. The lowest BCUT2D eigenvalue weighted by atomic mass is 9.88. The SMILES string of the molecule is Cc1cccc(-c2ccc3c(c2)CC(C2CCN(C(=O)OC(C)C)CC2)O3)c1. The Morgan fingerprint density at radius 1 is 1.11 bits per heavy atom. The van der Waals surface area contributed by atoms with Gasteiger partial charge in [0.15, 0.2) is 0 Å². The van der Waals surface area contributed by atoms with Crippen molar-refractivity contribution >= 4 is 6.09 Å². The van der Waals surface area contributed by atoms with Crippen molar-refractivity contribution in [2.45, 2.75) is 52.2 Å². The maximum Gasteiger partial charge on any atom is 0.410 e. The summed E-state index contributed by atoms with van der Waals surface area (Å²) in [6.45, 7) is 7.40. The topological polar surface area (TPSA) is 38.8 Å². The smallest absolute Gasteiger partial charge is 0.410 e. The molecule has 0 N–H and O–H groups in total. The zero-order valence-corrected chi connectivity index (χ0v) is 17.0. The first-order valence-electron chi connectivity index (χ1n) is 10.3. The average Bonchev–Trinajstić information content (AvgIpc) is 3.11. The fraction of sp³-hybridized carbons (Fsp3) is 0.458. The van der Waals surface area contributed by atoms with Crippen molar-refractivity contribution in [3.8, 4) is 16.9 Å². The maximum absolute atomic E-state index is 12.1. The predicted octanol–water partition coefficient (Wildman–Crippen LogP) is 5.22. The number of carbonyl (C=O) groups excluding carboxylic acids is 1. The normalized spacial score (nSPS) is 19.4. The Hall–Kier alpha value is -2.49. The number of amides is 1. The summed E-state index contributed by atoms with van der Waals surface area (Å²) < 4.78 is 11.6. The highest BCUT2D eigenvalue weighted by molar-refractivity contribution is 5.68. The second-order valence-corrected chi connectivity index (χ2v) is 8.31. The minimum absolute atomic E-state index is 0.0690. The fourth-order valence-electron chi connectivity index (χ4n) is 4.27. The van der Waals surface area contributed by atoms with Gasteiger partial charge in [-0.3, -0.25) is 0 Å². The second kappa shape index (κ2) is 7.86. The molecule has 1 fully saturated rings. The van der Waals surface area contributed by atoms with Crippen LogP contribution in [0.2, 0.25) is 0 Å². The molecule has 28 heavy (non-hydrogen) atoms. The standard InChI is InChI=1S/C24H29NO3/c1-16(2)27-24(26)25-11-9-18(10-12-25)23-15-21-14-20(7-8-22(21)28-23)19-6-4-5-17(3)13-19/h4-8,13-14,16,18,23H,9-12,15H2,1-3H3. The molecule has 4 nitrogen and oxygen atoms in total. The van der Waals surface area contributed by atoms with Gasteiger partial charge in [-0.1, -0.05) is 35.9 Å². The molecule has 2 heterocycles. The second-order valence-electron chi connectivity index (χ2n) is 8.31. The molecule has 1 saturated heterocycles. The lowest BCUT2D eigenvalue weighted by Crippen LogP contribution is -2.43. The Morgan fingerprint density at radius 2 is 1.86 bits per heavy atom. The first-order chi connectivity index (χ1) is 13.5. The van der Waals surface area contributed by atoms with E-state index in [4.69, 9.17) is 9.47 Å². The van der Waals surface area contributed by atoms with Crippen LogP contribution in [0.15, 0.2) is 42.5 Å². The Kier molecular flexibility index (Phi) is 5.29. The number of benzene rings is 2. The van der Waals surface area contributed by atoms with Gasteiger partial charge in [-0.2, -0.15) is 0 Å². The molecule has 2 aromatic carbocycles. The summed E-state index contributed by atoms with van der Waals surface area (Å²) in [6, 6.07) is 15.2. The molecule has 1 unspecified atom stereocenters. The molecule has 1 amide bonds. The summed E-state index contributed by atoms with van der Waals surface area (Å²) in [5.74, 6) is 1.50. The van der Waals surface area contributed by atoms with Gasteiger partial charge in [0.05, 0.1) is 6.10 Å². The first kappa shape index (κ1) is 18.9. The van der Waals surface area contributed by atoms with Crippen LogP contribution in [0, 0.1) is 12.8 Å². The van der Waals surface area contributed by atoms with E-state index in [2.05, 4.69) is 49.4 Å². The Labute approximate surface area is 167 Å². The van der Waals surface area contributed by atoms with Crippen LogP contribution in [-0.2, 0) is 11.2 Å².